The van der Waals surface area contributed by atoms with E-state index in [0.29, 0.717) is 10.8 Å². The van der Waals surface area contributed by atoms with E-state index in [2.05, 4.69) is 26.6 Å². The normalized spacial score (nSPS) is 9.80. The third-order valence-corrected chi connectivity index (χ3v) is 2.65. The molecule has 1 rings (SSSR count). The molecule has 0 heterocycles. The smallest absolute Gasteiger partial charge is 0.170 e. The summed E-state index contributed by atoms with van der Waals surface area (Å²) >= 11 is 8.35. The van der Waals surface area contributed by atoms with Gasteiger partial charge in [0.2, 0.25) is 0 Å². The van der Waals surface area contributed by atoms with Crippen LogP contribution in [0.2, 0.25) is 0 Å². The molecule has 1 aromatic carbocycles. The van der Waals surface area contributed by atoms with E-state index in [9.17, 15) is 4.39 Å². The molecule has 0 atom stereocenters. The Morgan fingerprint density at radius 2 is 2.27 bits per heavy atom. The fraction of sp³-hybridized carbons (Fsp3) is 0.300. The molecule has 0 radical (unpaired) electrons. The lowest BCUT2D eigenvalue weighted by Gasteiger charge is -2.10. The molecule has 0 spiro atoms. The van der Waals surface area contributed by atoms with Gasteiger partial charge in [-0.25, -0.2) is 4.39 Å². The summed E-state index contributed by atoms with van der Waals surface area (Å²) in [6.45, 7) is 2.85. The van der Waals surface area contributed by atoms with Gasteiger partial charge in [-0.3, -0.25) is 0 Å². The zero-order chi connectivity index (χ0) is 11.3. The second-order valence-corrected chi connectivity index (χ2v) is 4.27. The Morgan fingerprint density at radius 3 is 2.93 bits per heavy atom. The molecule has 0 aliphatic carbocycles. The molecule has 82 valence electrons. The summed E-state index contributed by atoms with van der Waals surface area (Å²) in [6, 6.07) is 4.42. The Hall–Kier alpha value is -0.680. The number of thiocarbonyl (C=S) groups is 1. The summed E-state index contributed by atoms with van der Waals surface area (Å²) in [5.74, 6) is -0.293. The van der Waals surface area contributed by atoms with Crippen molar-refractivity contribution in [2.45, 2.75) is 13.3 Å². The first kappa shape index (κ1) is 12.4. The maximum Gasteiger partial charge on any atom is 0.170 e. The van der Waals surface area contributed by atoms with Crippen LogP contribution in [0, 0.1) is 5.82 Å². The lowest BCUT2D eigenvalue weighted by atomic mass is 10.3. The van der Waals surface area contributed by atoms with Crippen LogP contribution in [0.25, 0.3) is 0 Å². The highest BCUT2D eigenvalue weighted by Crippen LogP contribution is 2.22. The maximum atomic E-state index is 12.9. The molecule has 0 unspecified atom stereocenters. The van der Waals surface area contributed by atoms with Gasteiger partial charge in [0.15, 0.2) is 5.11 Å². The van der Waals surface area contributed by atoms with Gasteiger partial charge in [-0.1, -0.05) is 6.92 Å². The van der Waals surface area contributed by atoms with Crippen LogP contribution < -0.4 is 10.6 Å². The highest BCUT2D eigenvalue weighted by atomic mass is 79.9. The van der Waals surface area contributed by atoms with Crippen LogP contribution in [0.5, 0.6) is 0 Å². The molecule has 15 heavy (non-hydrogen) atoms. The van der Waals surface area contributed by atoms with Crippen LogP contribution in [0.1, 0.15) is 13.3 Å². The van der Waals surface area contributed by atoms with Gasteiger partial charge in [0.05, 0.1) is 5.69 Å². The van der Waals surface area contributed by atoms with E-state index < -0.39 is 0 Å². The van der Waals surface area contributed by atoms with Gasteiger partial charge >= 0.3 is 0 Å². The second kappa shape index (κ2) is 6.02. The highest BCUT2D eigenvalue weighted by molar-refractivity contribution is 9.10. The van der Waals surface area contributed by atoms with Gasteiger partial charge < -0.3 is 10.6 Å². The SMILES string of the molecule is CCCNC(=S)Nc1cc(F)ccc1Br. The van der Waals surface area contributed by atoms with Gasteiger partial charge in [-0.05, 0) is 52.8 Å². The molecule has 0 aromatic heterocycles. The molecule has 1 aromatic rings. The number of nitrogens with one attached hydrogen (secondary N) is 2. The van der Waals surface area contributed by atoms with Crippen molar-refractivity contribution < 1.29 is 4.39 Å². The van der Waals surface area contributed by atoms with Crippen molar-refractivity contribution in [3.05, 3.63) is 28.5 Å². The van der Waals surface area contributed by atoms with Crippen molar-refractivity contribution >= 4 is 38.9 Å². The van der Waals surface area contributed by atoms with Gasteiger partial charge in [0.1, 0.15) is 5.82 Å². The number of rotatable bonds is 3. The highest BCUT2D eigenvalue weighted by Gasteiger charge is 2.03. The van der Waals surface area contributed by atoms with Crippen molar-refractivity contribution in [1.29, 1.82) is 0 Å². The van der Waals surface area contributed by atoms with Gasteiger partial charge in [-0.2, -0.15) is 0 Å². The summed E-state index contributed by atoms with van der Waals surface area (Å²) in [5, 5.41) is 6.43. The van der Waals surface area contributed by atoms with Crippen molar-refractivity contribution in [2.75, 3.05) is 11.9 Å². The Morgan fingerprint density at radius 1 is 1.53 bits per heavy atom. The summed E-state index contributed by atoms with van der Waals surface area (Å²) in [5.41, 5.74) is 0.628. The van der Waals surface area contributed by atoms with Crippen LogP contribution in [0.4, 0.5) is 10.1 Å². The average Bonchev–Trinajstić information content (AvgIpc) is 2.20. The largest absolute Gasteiger partial charge is 0.362 e. The quantitative estimate of drug-likeness (QED) is 0.836. The zero-order valence-electron chi connectivity index (χ0n) is 8.31. The van der Waals surface area contributed by atoms with E-state index in [-0.39, 0.29) is 5.82 Å². The Balaban J connectivity index is 2.63. The molecule has 0 fully saturated rings. The predicted octanol–water partition coefficient (Wildman–Crippen LogP) is 3.28. The second-order valence-electron chi connectivity index (χ2n) is 3.01. The minimum atomic E-state index is -0.293. The minimum absolute atomic E-state index is 0.293. The van der Waals surface area contributed by atoms with Crippen molar-refractivity contribution in [2.24, 2.45) is 0 Å². The van der Waals surface area contributed by atoms with Crippen molar-refractivity contribution in [3.8, 4) is 0 Å². The molecule has 5 heteroatoms. The van der Waals surface area contributed by atoms with E-state index >= 15 is 0 Å². The number of benzene rings is 1. The van der Waals surface area contributed by atoms with Gasteiger partial charge in [0, 0.05) is 11.0 Å². The molecule has 0 aliphatic heterocycles. The van der Waals surface area contributed by atoms with Crippen LogP contribution in [0.15, 0.2) is 22.7 Å². The fourth-order valence-corrected chi connectivity index (χ4v) is 1.56. The molecule has 2 N–H and O–H groups in total. The molecular formula is C10H12BrFN2S. The first-order valence-electron chi connectivity index (χ1n) is 4.63. The fourth-order valence-electron chi connectivity index (χ4n) is 0.998. The Bertz CT molecular complexity index is 357. The number of hydrogen-bond acceptors (Lipinski definition) is 1. The summed E-state index contributed by atoms with van der Waals surface area (Å²) in [7, 11) is 0. The molecular weight excluding hydrogens is 279 g/mol. The molecule has 0 amide bonds. The minimum Gasteiger partial charge on any atom is -0.362 e. The molecule has 0 saturated heterocycles. The average molecular weight is 291 g/mol. The van der Waals surface area contributed by atoms with E-state index in [1.54, 1.807) is 6.07 Å². The Labute approximate surface area is 102 Å². The van der Waals surface area contributed by atoms with Gasteiger partial charge in [-0.15, -0.1) is 0 Å². The lowest BCUT2D eigenvalue weighted by molar-refractivity contribution is 0.628. The summed E-state index contributed by atoms with van der Waals surface area (Å²) in [6.07, 6.45) is 0.992. The van der Waals surface area contributed by atoms with Crippen LogP contribution in [-0.2, 0) is 0 Å². The predicted molar refractivity (Wildman–Crippen MR) is 68.6 cm³/mol. The van der Waals surface area contributed by atoms with E-state index in [1.807, 2.05) is 6.92 Å². The van der Waals surface area contributed by atoms with Crippen molar-refractivity contribution in [3.63, 3.8) is 0 Å². The Kier molecular flexibility index (Phi) is 4.98. The summed E-state index contributed by atoms with van der Waals surface area (Å²) < 4.78 is 13.7. The van der Waals surface area contributed by atoms with Crippen LogP contribution in [0.3, 0.4) is 0 Å². The topological polar surface area (TPSA) is 24.1 Å². The van der Waals surface area contributed by atoms with Gasteiger partial charge in [0.25, 0.3) is 0 Å². The first-order valence-corrected chi connectivity index (χ1v) is 5.83. The summed E-state index contributed by atoms with van der Waals surface area (Å²) in [4.78, 5) is 0. The maximum absolute atomic E-state index is 12.9. The molecule has 0 aliphatic rings. The third kappa shape index (κ3) is 4.13. The van der Waals surface area contributed by atoms with E-state index in [4.69, 9.17) is 12.2 Å². The number of hydrogen-bond donors (Lipinski definition) is 2. The number of anilines is 1. The molecule has 2 nitrogen and oxygen atoms in total. The van der Waals surface area contributed by atoms with Crippen molar-refractivity contribution in [1.82, 2.24) is 5.32 Å². The van der Waals surface area contributed by atoms with E-state index in [0.717, 1.165) is 17.4 Å². The molecule has 0 saturated carbocycles. The van der Waals surface area contributed by atoms with Crippen LogP contribution >= 0.6 is 28.1 Å². The molecule has 0 bridgehead atoms. The monoisotopic (exact) mass is 290 g/mol. The van der Waals surface area contributed by atoms with Crippen LogP contribution in [-0.4, -0.2) is 11.7 Å². The standard InChI is InChI=1S/C10H12BrFN2S/c1-2-5-13-10(15)14-9-6-7(12)3-4-8(9)11/h3-4,6H,2,5H2,1H3,(H2,13,14,15). The lowest BCUT2D eigenvalue weighted by Crippen LogP contribution is -2.29. The first-order chi connectivity index (χ1) is 7.13. The third-order valence-electron chi connectivity index (χ3n) is 1.71. The zero-order valence-corrected chi connectivity index (χ0v) is 10.7. The number of halogens is 2. The van der Waals surface area contributed by atoms with E-state index in [1.165, 1.54) is 12.1 Å².